The topological polar surface area (TPSA) is 18.5 Å². The zero-order valence-electron chi connectivity index (χ0n) is 12.0. The Morgan fingerprint density at radius 2 is 1.40 bits per heavy atom. The van der Waals surface area contributed by atoms with Gasteiger partial charge in [-0.05, 0) is 24.5 Å². The zero-order valence-corrected chi connectivity index (χ0v) is 12.0. The maximum atomic E-state index is 5.58. The van der Waals surface area contributed by atoms with Gasteiger partial charge in [0.05, 0.1) is 26.4 Å². The van der Waals surface area contributed by atoms with Crippen LogP contribution in [0.5, 0.6) is 0 Å². The van der Waals surface area contributed by atoms with Gasteiger partial charge in [-0.1, -0.05) is 60.2 Å². The van der Waals surface area contributed by atoms with Crippen LogP contribution in [-0.4, -0.2) is 19.8 Å². The molecular weight excluding hydrogens is 248 g/mol. The monoisotopic (exact) mass is 270 g/mol. The lowest BCUT2D eigenvalue weighted by atomic mass is 10.1. The molecule has 0 radical (unpaired) electrons. The van der Waals surface area contributed by atoms with E-state index in [0.29, 0.717) is 19.8 Å². The molecule has 0 aliphatic heterocycles. The first-order valence-corrected chi connectivity index (χ1v) is 7.09. The van der Waals surface area contributed by atoms with E-state index in [9.17, 15) is 0 Å². The van der Waals surface area contributed by atoms with Crippen molar-refractivity contribution in [3.8, 4) is 0 Å². The molecule has 0 aliphatic carbocycles. The van der Waals surface area contributed by atoms with Gasteiger partial charge in [0.25, 0.3) is 0 Å². The lowest BCUT2D eigenvalue weighted by Gasteiger charge is -2.06. The Morgan fingerprint density at radius 3 is 2.15 bits per heavy atom. The number of aryl methyl sites for hydroxylation is 1. The van der Waals surface area contributed by atoms with Crippen molar-refractivity contribution in [1.82, 2.24) is 0 Å². The summed E-state index contributed by atoms with van der Waals surface area (Å²) in [6.07, 6.45) is 0.957. The van der Waals surface area contributed by atoms with Gasteiger partial charge in [0.15, 0.2) is 0 Å². The molecule has 2 aromatic carbocycles. The minimum Gasteiger partial charge on any atom is -0.379 e. The van der Waals surface area contributed by atoms with Crippen molar-refractivity contribution in [2.45, 2.75) is 20.0 Å². The first-order valence-electron chi connectivity index (χ1n) is 7.09. The fourth-order valence-corrected chi connectivity index (χ4v) is 1.93. The summed E-state index contributed by atoms with van der Waals surface area (Å²) in [4.78, 5) is 0. The van der Waals surface area contributed by atoms with Gasteiger partial charge < -0.3 is 9.47 Å². The lowest BCUT2D eigenvalue weighted by molar-refractivity contribution is 0.0416. The van der Waals surface area contributed by atoms with E-state index >= 15 is 0 Å². The van der Waals surface area contributed by atoms with Crippen molar-refractivity contribution in [2.24, 2.45) is 0 Å². The van der Waals surface area contributed by atoms with Crippen LogP contribution < -0.4 is 0 Å². The summed E-state index contributed by atoms with van der Waals surface area (Å²) in [7, 11) is 0. The van der Waals surface area contributed by atoms with E-state index in [0.717, 1.165) is 13.0 Å². The number of hydrogen-bond acceptors (Lipinski definition) is 2. The number of benzene rings is 2. The van der Waals surface area contributed by atoms with Crippen LogP contribution in [0.1, 0.15) is 16.7 Å². The molecule has 0 bridgehead atoms. The molecule has 0 saturated carbocycles. The van der Waals surface area contributed by atoms with Crippen LogP contribution in [0.25, 0.3) is 0 Å². The molecule has 0 amide bonds. The number of ether oxygens (including phenoxy) is 2. The smallest absolute Gasteiger partial charge is 0.0718 e. The summed E-state index contributed by atoms with van der Waals surface area (Å²) in [5.41, 5.74) is 3.82. The second-order valence-electron chi connectivity index (χ2n) is 4.89. The van der Waals surface area contributed by atoms with Crippen LogP contribution in [0.4, 0.5) is 0 Å². The second kappa shape index (κ2) is 8.51. The molecule has 0 spiro atoms. The largest absolute Gasteiger partial charge is 0.379 e. The van der Waals surface area contributed by atoms with Crippen LogP contribution in [0.15, 0.2) is 54.6 Å². The highest BCUT2D eigenvalue weighted by molar-refractivity contribution is 5.21. The third kappa shape index (κ3) is 5.55. The highest BCUT2D eigenvalue weighted by Crippen LogP contribution is 2.04. The van der Waals surface area contributed by atoms with Gasteiger partial charge >= 0.3 is 0 Å². The molecule has 2 nitrogen and oxygen atoms in total. The molecule has 0 fully saturated rings. The predicted octanol–water partition coefficient (Wildman–Crippen LogP) is 3.77. The maximum Gasteiger partial charge on any atom is 0.0718 e. The van der Waals surface area contributed by atoms with Gasteiger partial charge in [-0.25, -0.2) is 0 Å². The molecule has 0 N–H and O–H groups in total. The summed E-state index contributed by atoms with van der Waals surface area (Å²) in [5.74, 6) is 0. The maximum absolute atomic E-state index is 5.58. The van der Waals surface area contributed by atoms with Gasteiger partial charge in [0, 0.05) is 0 Å². The molecule has 2 aromatic rings. The number of hydrogen-bond donors (Lipinski definition) is 0. The van der Waals surface area contributed by atoms with E-state index in [-0.39, 0.29) is 0 Å². The fraction of sp³-hybridized carbons (Fsp3) is 0.333. The normalized spacial score (nSPS) is 10.7. The molecule has 106 valence electrons. The molecule has 0 aliphatic rings. The predicted molar refractivity (Wildman–Crippen MR) is 81.8 cm³/mol. The molecule has 20 heavy (non-hydrogen) atoms. The third-order valence-electron chi connectivity index (χ3n) is 3.14. The molecule has 0 heterocycles. The Morgan fingerprint density at radius 1 is 0.700 bits per heavy atom. The molecule has 0 aromatic heterocycles. The molecule has 2 rings (SSSR count). The van der Waals surface area contributed by atoms with Crippen molar-refractivity contribution in [3.05, 3.63) is 71.3 Å². The summed E-state index contributed by atoms with van der Waals surface area (Å²) in [5, 5.41) is 0. The standard InChI is InChI=1S/C18H22O2/c1-16-7-9-17(10-8-16)11-12-19-13-14-20-15-18-5-3-2-4-6-18/h2-10H,11-15H2,1H3. The average Bonchev–Trinajstić information content (AvgIpc) is 2.49. The quantitative estimate of drug-likeness (QED) is 0.680. The third-order valence-corrected chi connectivity index (χ3v) is 3.14. The van der Waals surface area contributed by atoms with E-state index in [1.54, 1.807) is 0 Å². The number of rotatable bonds is 8. The van der Waals surface area contributed by atoms with Crippen molar-refractivity contribution >= 4 is 0 Å². The Labute approximate surface area is 121 Å². The molecule has 0 saturated heterocycles. The van der Waals surface area contributed by atoms with Crippen LogP contribution in [0.3, 0.4) is 0 Å². The van der Waals surface area contributed by atoms with Crippen molar-refractivity contribution in [1.29, 1.82) is 0 Å². The van der Waals surface area contributed by atoms with E-state index < -0.39 is 0 Å². The van der Waals surface area contributed by atoms with Gasteiger partial charge in [-0.2, -0.15) is 0 Å². The first-order chi connectivity index (χ1) is 9.84. The summed E-state index contributed by atoms with van der Waals surface area (Å²) in [6.45, 7) is 4.80. The zero-order chi connectivity index (χ0) is 14.0. The van der Waals surface area contributed by atoms with Crippen LogP contribution in [0.2, 0.25) is 0 Å². The Balaban J connectivity index is 1.51. The highest BCUT2D eigenvalue weighted by atomic mass is 16.5. The molecular formula is C18H22O2. The van der Waals surface area contributed by atoms with Gasteiger partial charge in [-0.15, -0.1) is 0 Å². The van der Waals surface area contributed by atoms with Gasteiger partial charge in [0.1, 0.15) is 0 Å². The van der Waals surface area contributed by atoms with E-state index in [1.807, 2.05) is 18.2 Å². The van der Waals surface area contributed by atoms with E-state index in [1.165, 1.54) is 16.7 Å². The van der Waals surface area contributed by atoms with Crippen molar-refractivity contribution in [3.63, 3.8) is 0 Å². The Bertz CT molecular complexity index is 477. The molecule has 2 heteroatoms. The van der Waals surface area contributed by atoms with Gasteiger partial charge in [0.2, 0.25) is 0 Å². The minimum absolute atomic E-state index is 0.642. The summed E-state index contributed by atoms with van der Waals surface area (Å²) < 4.78 is 11.1. The highest BCUT2D eigenvalue weighted by Gasteiger charge is 1.95. The molecule has 0 atom stereocenters. The minimum atomic E-state index is 0.642. The summed E-state index contributed by atoms with van der Waals surface area (Å²) >= 11 is 0. The lowest BCUT2D eigenvalue weighted by Crippen LogP contribution is -2.06. The van der Waals surface area contributed by atoms with Crippen LogP contribution in [0, 0.1) is 6.92 Å². The first kappa shape index (κ1) is 14.8. The van der Waals surface area contributed by atoms with E-state index in [2.05, 4.69) is 43.3 Å². The van der Waals surface area contributed by atoms with Gasteiger partial charge in [-0.3, -0.25) is 0 Å². The van der Waals surface area contributed by atoms with Crippen LogP contribution in [-0.2, 0) is 22.5 Å². The fourth-order valence-electron chi connectivity index (χ4n) is 1.93. The average molecular weight is 270 g/mol. The second-order valence-corrected chi connectivity index (χ2v) is 4.89. The van der Waals surface area contributed by atoms with Crippen molar-refractivity contribution < 1.29 is 9.47 Å². The molecule has 0 unspecified atom stereocenters. The SMILES string of the molecule is Cc1ccc(CCOCCOCc2ccccc2)cc1. The van der Waals surface area contributed by atoms with Crippen LogP contribution >= 0.6 is 0 Å². The van der Waals surface area contributed by atoms with E-state index in [4.69, 9.17) is 9.47 Å². The summed E-state index contributed by atoms with van der Waals surface area (Å²) in [6, 6.07) is 18.8. The van der Waals surface area contributed by atoms with Crippen molar-refractivity contribution in [2.75, 3.05) is 19.8 Å². The Hall–Kier alpha value is -1.64. The Kier molecular flexibility index (Phi) is 6.28.